The topological polar surface area (TPSA) is 50.3 Å². The average Bonchev–Trinajstić information content (AvgIpc) is 2.62. The Bertz CT molecular complexity index is 758. The lowest BCUT2D eigenvalue weighted by Gasteiger charge is -2.32. The molecular weight excluding hydrogens is 307 g/mol. The van der Waals surface area contributed by atoms with Crippen LogP contribution in [0, 0.1) is 18.7 Å². The van der Waals surface area contributed by atoms with E-state index in [0.29, 0.717) is 29.9 Å². The van der Waals surface area contributed by atoms with Crippen molar-refractivity contribution in [2.45, 2.75) is 19.8 Å². The number of rotatable bonds is 3. The van der Waals surface area contributed by atoms with Crippen molar-refractivity contribution in [2.24, 2.45) is 5.92 Å². The number of benzene rings is 1. The molecule has 24 heavy (non-hydrogen) atoms. The number of carbonyl (C=O) groups is 2. The molecular formula is C19H19FN2O2. The zero-order valence-electron chi connectivity index (χ0n) is 13.5. The minimum atomic E-state index is -0.362. The molecule has 0 bridgehead atoms. The highest BCUT2D eigenvalue weighted by molar-refractivity contribution is 5.99. The number of pyridine rings is 1. The Labute approximate surface area is 140 Å². The zero-order chi connectivity index (χ0) is 17.1. The molecule has 0 radical (unpaired) electrons. The zero-order valence-corrected chi connectivity index (χ0v) is 13.5. The van der Waals surface area contributed by atoms with Gasteiger partial charge in [-0.1, -0.05) is 0 Å². The number of carbonyl (C=O) groups excluding carboxylic acids is 2. The van der Waals surface area contributed by atoms with E-state index in [1.165, 1.54) is 24.3 Å². The fourth-order valence-corrected chi connectivity index (χ4v) is 3.11. The van der Waals surface area contributed by atoms with Gasteiger partial charge in [0.25, 0.3) is 5.91 Å². The van der Waals surface area contributed by atoms with Gasteiger partial charge in [0.1, 0.15) is 5.82 Å². The summed E-state index contributed by atoms with van der Waals surface area (Å²) in [6.07, 6.45) is 3.18. The first-order valence-corrected chi connectivity index (χ1v) is 8.07. The van der Waals surface area contributed by atoms with Crippen molar-refractivity contribution in [3.05, 3.63) is 65.2 Å². The summed E-state index contributed by atoms with van der Waals surface area (Å²) in [4.78, 5) is 31.2. The van der Waals surface area contributed by atoms with Gasteiger partial charge in [-0.3, -0.25) is 14.6 Å². The number of Topliss-reactive ketones (excluding diaryl/α,β-unsaturated/α-hetero) is 1. The van der Waals surface area contributed by atoms with Gasteiger partial charge in [0, 0.05) is 36.5 Å². The smallest absolute Gasteiger partial charge is 0.255 e. The van der Waals surface area contributed by atoms with Crippen LogP contribution in [0.2, 0.25) is 0 Å². The highest BCUT2D eigenvalue weighted by Crippen LogP contribution is 2.23. The highest BCUT2D eigenvalue weighted by Gasteiger charge is 2.30. The van der Waals surface area contributed by atoms with Crippen LogP contribution in [0.3, 0.4) is 0 Å². The van der Waals surface area contributed by atoms with E-state index in [1.54, 1.807) is 30.2 Å². The fraction of sp³-hybridized carbons (Fsp3) is 0.316. The van der Waals surface area contributed by atoms with Gasteiger partial charge >= 0.3 is 0 Å². The number of hydrogen-bond acceptors (Lipinski definition) is 3. The molecule has 1 atom stereocenters. The van der Waals surface area contributed by atoms with Crippen molar-refractivity contribution in [1.82, 2.24) is 9.88 Å². The summed E-state index contributed by atoms with van der Waals surface area (Å²) >= 11 is 0. The third-order valence-corrected chi connectivity index (χ3v) is 4.45. The van der Waals surface area contributed by atoms with Gasteiger partial charge < -0.3 is 4.90 Å². The average molecular weight is 326 g/mol. The van der Waals surface area contributed by atoms with E-state index in [-0.39, 0.29) is 23.4 Å². The molecule has 2 aromatic rings. The van der Waals surface area contributed by atoms with Crippen LogP contribution < -0.4 is 0 Å². The van der Waals surface area contributed by atoms with Gasteiger partial charge in [0.15, 0.2) is 5.78 Å². The molecule has 1 aliphatic rings. The van der Waals surface area contributed by atoms with Crippen molar-refractivity contribution in [3.8, 4) is 0 Å². The van der Waals surface area contributed by atoms with Crippen molar-refractivity contribution in [1.29, 1.82) is 0 Å². The van der Waals surface area contributed by atoms with Crippen LogP contribution in [0.5, 0.6) is 0 Å². The van der Waals surface area contributed by atoms with Crippen molar-refractivity contribution in [2.75, 3.05) is 13.1 Å². The molecule has 1 unspecified atom stereocenters. The first-order valence-electron chi connectivity index (χ1n) is 8.07. The SMILES string of the molecule is Cc1ncccc1C(=O)N1CCCC(C(=O)c2ccc(F)cc2)C1. The van der Waals surface area contributed by atoms with Gasteiger partial charge in [-0.2, -0.15) is 0 Å². The van der Waals surface area contributed by atoms with Crippen LogP contribution in [-0.4, -0.2) is 34.7 Å². The standard InChI is InChI=1S/C19H19FN2O2/c1-13-17(5-2-10-21-13)19(24)22-11-3-4-15(12-22)18(23)14-6-8-16(20)9-7-14/h2,5-10,15H,3-4,11-12H2,1H3. The van der Waals surface area contributed by atoms with Crippen LogP contribution in [0.25, 0.3) is 0 Å². The number of halogens is 1. The first kappa shape index (κ1) is 16.3. The maximum absolute atomic E-state index is 13.0. The molecule has 124 valence electrons. The molecule has 0 N–H and O–H groups in total. The number of amides is 1. The number of hydrogen-bond donors (Lipinski definition) is 0. The molecule has 0 aliphatic carbocycles. The van der Waals surface area contributed by atoms with Gasteiger partial charge in [-0.05, 0) is 56.2 Å². The molecule has 1 fully saturated rings. The molecule has 1 aliphatic heterocycles. The van der Waals surface area contributed by atoms with E-state index in [1.807, 2.05) is 0 Å². The summed E-state index contributed by atoms with van der Waals surface area (Å²) < 4.78 is 13.0. The maximum Gasteiger partial charge on any atom is 0.255 e. The minimum absolute atomic E-state index is 0.0320. The van der Waals surface area contributed by atoms with E-state index < -0.39 is 0 Å². The maximum atomic E-state index is 13.0. The molecule has 5 heteroatoms. The highest BCUT2D eigenvalue weighted by atomic mass is 19.1. The molecule has 0 saturated carbocycles. The van der Waals surface area contributed by atoms with Crippen molar-refractivity contribution < 1.29 is 14.0 Å². The monoisotopic (exact) mass is 326 g/mol. The summed E-state index contributed by atoms with van der Waals surface area (Å²) in [6.45, 7) is 2.84. The van der Waals surface area contributed by atoms with Crippen molar-refractivity contribution in [3.63, 3.8) is 0 Å². The number of piperidine rings is 1. The lowest BCUT2D eigenvalue weighted by Crippen LogP contribution is -2.42. The molecule has 1 saturated heterocycles. The fourth-order valence-electron chi connectivity index (χ4n) is 3.11. The molecule has 0 spiro atoms. The summed E-state index contributed by atoms with van der Waals surface area (Å²) in [7, 11) is 0. The van der Waals surface area contributed by atoms with Crippen LogP contribution >= 0.6 is 0 Å². The minimum Gasteiger partial charge on any atom is -0.338 e. The van der Waals surface area contributed by atoms with Crippen LogP contribution in [0.1, 0.15) is 39.3 Å². The number of ketones is 1. The summed E-state index contributed by atoms with van der Waals surface area (Å²) in [5.74, 6) is -0.725. The Hall–Kier alpha value is -2.56. The Balaban J connectivity index is 1.74. The van der Waals surface area contributed by atoms with E-state index in [4.69, 9.17) is 0 Å². The summed E-state index contributed by atoms with van der Waals surface area (Å²) in [5, 5.41) is 0. The second kappa shape index (κ2) is 6.91. The largest absolute Gasteiger partial charge is 0.338 e. The van der Waals surface area contributed by atoms with Crippen LogP contribution in [0.4, 0.5) is 4.39 Å². The number of nitrogens with zero attached hydrogens (tertiary/aromatic N) is 2. The van der Waals surface area contributed by atoms with E-state index in [9.17, 15) is 14.0 Å². The summed E-state index contributed by atoms with van der Waals surface area (Å²) in [5.41, 5.74) is 1.76. The molecule has 1 aromatic carbocycles. The molecule has 4 nitrogen and oxygen atoms in total. The lowest BCUT2D eigenvalue weighted by molar-refractivity contribution is 0.0636. The summed E-state index contributed by atoms with van der Waals surface area (Å²) in [6, 6.07) is 9.09. The molecule has 2 heterocycles. The number of likely N-dealkylation sites (tertiary alicyclic amines) is 1. The quantitative estimate of drug-likeness (QED) is 0.814. The molecule has 1 amide bonds. The Morgan fingerprint density at radius 2 is 1.96 bits per heavy atom. The Morgan fingerprint density at radius 3 is 2.67 bits per heavy atom. The lowest BCUT2D eigenvalue weighted by atomic mass is 9.89. The van der Waals surface area contributed by atoms with Gasteiger partial charge in [0.05, 0.1) is 5.56 Å². The Morgan fingerprint density at radius 1 is 1.21 bits per heavy atom. The molecule has 1 aromatic heterocycles. The number of aryl methyl sites for hydroxylation is 1. The van der Waals surface area contributed by atoms with Crippen LogP contribution in [0.15, 0.2) is 42.6 Å². The third kappa shape index (κ3) is 3.35. The Kier molecular flexibility index (Phi) is 4.69. The van der Waals surface area contributed by atoms with E-state index in [2.05, 4.69) is 4.98 Å². The number of aromatic nitrogens is 1. The molecule has 3 rings (SSSR count). The third-order valence-electron chi connectivity index (χ3n) is 4.45. The normalized spacial score (nSPS) is 17.6. The first-order chi connectivity index (χ1) is 11.6. The van der Waals surface area contributed by atoms with E-state index >= 15 is 0 Å². The second-order valence-corrected chi connectivity index (χ2v) is 6.10. The van der Waals surface area contributed by atoms with Gasteiger partial charge in [-0.25, -0.2) is 4.39 Å². The van der Waals surface area contributed by atoms with Crippen molar-refractivity contribution >= 4 is 11.7 Å². The predicted molar refractivity (Wildman–Crippen MR) is 88.3 cm³/mol. The van der Waals surface area contributed by atoms with Gasteiger partial charge in [-0.15, -0.1) is 0 Å². The van der Waals surface area contributed by atoms with E-state index in [0.717, 1.165) is 12.8 Å². The van der Waals surface area contributed by atoms with Crippen LogP contribution in [-0.2, 0) is 0 Å². The van der Waals surface area contributed by atoms with Gasteiger partial charge in [0.2, 0.25) is 0 Å². The predicted octanol–water partition coefficient (Wildman–Crippen LogP) is 3.26. The second-order valence-electron chi connectivity index (χ2n) is 6.10.